The first kappa shape index (κ1) is 17.0. The Labute approximate surface area is 146 Å². The first-order valence-corrected chi connectivity index (χ1v) is 8.23. The number of fused-ring (bicyclic) bond motifs is 1. The fraction of sp³-hybridized carbons (Fsp3) is 0.263. The zero-order valence-corrected chi connectivity index (χ0v) is 14.1. The Morgan fingerprint density at radius 2 is 2.20 bits per heavy atom. The van der Waals surface area contributed by atoms with Gasteiger partial charge in [0.25, 0.3) is 5.91 Å². The van der Waals surface area contributed by atoms with Crippen molar-refractivity contribution in [2.24, 2.45) is 0 Å². The average molecular weight is 339 g/mol. The first-order valence-electron chi connectivity index (χ1n) is 8.23. The summed E-state index contributed by atoms with van der Waals surface area (Å²) >= 11 is 0. The quantitative estimate of drug-likeness (QED) is 0.693. The van der Waals surface area contributed by atoms with Gasteiger partial charge in [0.15, 0.2) is 0 Å². The van der Waals surface area contributed by atoms with Crippen LogP contribution in [-0.2, 0) is 6.61 Å². The molecule has 0 bridgehead atoms. The highest BCUT2D eigenvalue weighted by Crippen LogP contribution is 2.15. The van der Waals surface area contributed by atoms with E-state index in [0.29, 0.717) is 30.9 Å². The first-order chi connectivity index (χ1) is 12.1. The molecule has 3 aromatic rings. The maximum absolute atomic E-state index is 12.1. The molecule has 0 radical (unpaired) electrons. The second-order valence-electron chi connectivity index (χ2n) is 5.91. The minimum Gasteiger partial charge on any atom is -0.487 e. The topological polar surface area (TPSA) is 75.9 Å². The second kappa shape index (κ2) is 7.81. The number of hydrogen-bond donors (Lipinski definition) is 2. The number of ether oxygens (including phenoxy) is 1. The summed E-state index contributed by atoms with van der Waals surface area (Å²) in [7, 11) is 0. The van der Waals surface area contributed by atoms with Crippen LogP contribution >= 0.6 is 0 Å². The molecule has 0 spiro atoms. The van der Waals surface area contributed by atoms with Crippen LogP contribution in [0.15, 0.2) is 54.9 Å². The van der Waals surface area contributed by atoms with Gasteiger partial charge in [0.05, 0.1) is 11.8 Å². The number of aromatic nitrogens is 2. The maximum Gasteiger partial charge on any atom is 0.251 e. The van der Waals surface area contributed by atoms with E-state index in [-0.39, 0.29) is 5.91 Å². The zero-order chi connectivity index (χ0) is 17.6. The Morgan fingerprint density at radius 3 is 3.00 bits per heavy atom. The van der Waals surface area contributed by atoms with Gasteiger partial charge >= 0.3 is 0 Å². The van der Waals surface area contributed by atoms with Crippen LogP contribution in [0.3, 0.4) is 0 Å². The molecule has 6 nitrogen and oxygen atoms in total. The summed E-state index contributed by atoms with van der Waals surface area (Å²) in [6.45, 7) is 2.46. The molecule has 2 aromatic heterocycles. The van der Waals surface area contributed by atoms with E-state index in [1.807, 2.05) is 41.1 Å². The molecule has 2 heterocycles. The molecule has 1 unspecified atom stereocenters. The van der Waals surface area contributed by atoms with Crippen molar-refractivity contribution in [2.45, 2.75) is 26.1 Å². The third kappa shape index (κ3) is 4.58. The fourth-order valence-corrected chi connectivity index (χ4v) is 2.44. The number of benzene rings is 1. The Morgan fingerprint density at radius 1 is 1.32 bits per heavy atom. The highest BCUT2D eigenvalue weighted by atomic mass is 16.5. The van der Waals surface area contributed by atoms with Gasteiger partial charge in [-0.25, -0.2) is 4.98 Å². The molecule has 0 aliphatic carbocycles. The number of aliphatic hydroxyl groups is 1. The lowest BCUT2D eigenvalue weighted by molar-refractivity contribution is 0.0945. The number of rotatable bonds is 7. The van der Waals surface area contributed by atoms with Crippen molar-refractivity contribution in [3.63, 3.8) is 0 Å². The largest absolute Gasteiger partial charge is 0.487 e. The number of amides is 1. The van der Waals surface area contributed by atoms with Gasteiger partial charge in [-0.05, 0) is 43.7 Å². The fourth-order valence-electron chi connectivity index (χ4n) is 2.44. The summed E-state index contributed by atoms with van der Waals surface area (Å²) in [4.78, 5) is 16.6. The molecule has 0 aliphatic rings. The zero-order valence-electron chi connectivity index (χ0n) is 14.1. The second-order valence-corrected chi connectivity index (χ2v) is 5.91. The summed E-state index contributed by atoms with van der Waals surface area (Å²) < 4.78 is 7.69. The van der Waals surface area contributed by atoms with Crippen LogP contribution in [0.5, 0.6) is 5.75 Å². The highest BCUT2D eigenvalue weighted by molar-refractivity contribution is 5.94. The maximum atomic E-state index is 12.1. The monoisotopic (exact) mass is 339 g/mol. The van der Waals surface area contributed by atoms with Crippen LogP contribution in [0.2, 0.25) is 0 Å². The summed E-state index contributed by atoms with van der Waals surface area (Å²) in [5.41, 5.74) is 2.21. The molecule has 6 heteroatoms. The highest BCUT2D eigenvalue weighted by Gasteiger charge is 2.08. The molecule has 0 saturated heterocycles. The SMILES string of the molecule is CC(O)CCNC(=O)c1cccc(OCc2cn3ccccc3n2)c1. The van der Waals surface area contributed by atoms with Crippen LogP contribution in [0.4, 0.5) is 0 Å². The summed E-state index contributed by atoms with van der Waals surface area (Å²) in [5, 5.41) is 12.0. The molecule has 3 rings (SSSR count). The van der Waals surface area contributed by atoms with E-state index in [9.17, 15) is 9.90 Å². The van der Waals surface area contributed by atoms with Gasteiger partial charge in [0.2, 0.25) is 0 Å². The van der Waals surface area contributed by atoms with Crippen molar-refractivity contribution in [3.05, 3.63) is 66.1 Å². The van der Waals surface area contributed by atoms with E-state index >= 15 is 0 Å². The number of carbonyl (C=O) groups is 1. The van der Waals surface area contributed by atoms with Gasteiger partial charge in [-0.3, -0.25) is 4.79 Å². The van der Waals surface area contributed by atoms with E-state index in [2.05, 4.69) is 10.3 Å². The minimum absolute atomic E-state index is 0.182. The lowest BCUT2D eigenvalue weighted by atomic mass is 10.2. The van der Waals surface area contributed by atoms with Crippen LogP contribution < -0.4 is 10.1 Å². The molecule has 2 N–H and O–H groups in total. The summed E-state index contributed by atoms with van der Waals surface area (Å²) in [5.74, 6) is 0.430. The van der Waals surface area contributed by atoms with Gasteiger partial charge < -0.3 is 19.6 Å². The van der Waals surface area contributed by atoms with E-state index in [4.69, 9.17) is 4.74 Å². The molecule has 0 aliphatic heterocycles. The van der Waals surface area contributed by atoms with Gasteiger partial charge in [0, 0.05) is 24.5 Å². The van der Waals surface area contributed by atoms with Crippen molar-refractivity contribution in [3.8, 4) is 5.75 Å². The summed E-state index contributed by atoms with van der Waals surface area (Å²) in [6.07, 6.45) is 3.95. The molecular weight excluding hydrogens is 318 g/mol. The number of aliphatic hydroxyl groups excluding tert-OH is 1. The van der Waals surface area contributed by atoms with Crippen LogP contribution in [-0.4, -0.2) is 33.0 Å². The molecular formula is C19H21N3O3. The predicted molar refractivity (Wildman–Crippen MR) is 94.6 cm³/mol. The van der Waals surface area contributed by atoms with Crippen molar-refractivity contribution < 1.29 is 14.6 Å². The van der Waals surface area contributed by atoms with Crippen LogP contribution in [0.25, 0.3) is 5.65 Å². The molecule has 1 aromatic carbocycles. The third-order valence-corrected chi connectivity index (χ3v) is 3.74. The number of nitrogens with one attached hydrogen (secondary N) is 1. The summed E-state index contributed by atoms with van der Waals surface area (Å²) in [6, 6.07) is 12.8. The molecule has 25 heavy (non-hydrogen) atoms. The number of nitrogens with zero attached hydrogens (tertiary/aromatic N) is 2. The van der Waals surface area contributed by atoms with Gasteiger partial charge in [-0.15, -0.1) is 0 Å². The van der Waals surface area contributed by atoms with E-state index in [0.717, 1.165) is 11.3 Å². The smallest absolute Gasteiger partial charge is 0.251 e. The molecule has 130 valence electrons. The number of pyridine rings is 1. The standard InChI is InChI=1S/C19H21N3O3/c1-14(23)8-9-20-19(24)15-5-4-6-17(11-15)25-13-16-12-22-10-3-2-7-18(22)21-16/h2-7,10-12,14,23H,8-9,13H2,1H3,(H,20,24). The van der Waals surface area contributed by atoms with Crippen molar-refractivity contribution >= 4 is 11.6 Å². The lowest BCUT2D eigenvalue weighted by Crippen LogP contribution is -2.26. The number of carbonyl (C=O) groups excluding carboxylic acids is 1. The average Bonchev–Trinajstić information content (AvgIpc) is 3.03. The Hall–Kier alpha value is -2.86. The molecule has 1 atom stereocenters. The van der Waals surface area contributed by atoms with E-state index in [1.165, 1.54) is 0 Å². The van der Waals surface area contributed by atoms with Crippen molar-refractivity contribution in [2.75, 3.05) is 6.54 Å². The lowest BCUT2D eigenvalue weighted by Gasteiger charge is -2.09. The normalized spacial score (nSPS) is 12.1. The van der Waals surface area contributed by atoms with Gasteiger partial charge in [-0.2, -0.15) is 0 Å². The van der Waals surface area contributed by atoms with E-state index in [1.54, 1.807) is 25.1 Å². The Bertz CT molecular complexity index is 825. The van der Waals surface area contributed by atoms with Crippen molar-refractivity contribution in [1.82, 2.24) is 14.7 Å². The van der Waals surface area contributed by atoms with Crippen molar-refractivity contribution in [1.29, 1.82) is 0 Å². The Balaban J connectivity index is 1.60. The molecule has 0 fully saturated rings. The predicted octanol–water partition coefficient (Wildman–Crippen LogP) is 2.41. The number of hydrogen-bond acceptors (Lipinski definition) is 4. The van der Waals surface area contributed by atoms with E-state index < -0.39 is 6.10 Å². The third-order valence-electron chi connectivity index (χ3n) is 3.74. The number of imidazole rings is 1. The molecule has 1 amide bonds. The van der Waals surface area contributed by atoms with Crippen LogP contribution in [0, 0.1) is 0 Å². The van der Waals surface area contributed by atoms with Crippen LogP contribution in [0.1, 0.15) is 29.4 Å². The Kier molecular flexibility index (Phi) is 5.30. The molecule has 0 saturated carbocycles. The minimum atomic E-state index is -0.430. The van der Waals surface area contributed by atoms with Gasteiger partial charge in [-0.1, -0.05) is 12.1 Å². The van der Waals surface area contributed by atoms with Gasteiger partial charge in [0.1, 0.15) is 18.0 Å².